The van der Waals surface area contributed by atoms with Crippen LogP contribution in [0.4, 0.5) is 14.5 Å². The van der Waals surface area contributed by atoms with Crippen molar-refractivity contribution >= 4 is 29.0 Å². The molecule has 2 aromatic rings. The number of benzene rings is 1. The molecule has 0 aliphatic carbocycles. The number of rotatable bonds is 3. The Morgan fingerprint density at radius 3 is 2.79 bits per heavy atom. The summed E-state index contributed by atoms with van der Waals surface area (Å²) in [5.74, 6) is -2.39. The van der Waals surface area contributed by atoms with E-state index in [9.17, 15) is 13.6 Å². The molecule has 1 aromatic carbocycles. The summed E-state index contributed by atoms with van der Waals surface area (Å²) in [6, 6.07) is 3.17. The van der Waals surface area contributed by atoms with Gasteiger partial charge in [-0.1, -0.05) is 0 Å². The average molecular weight is 280 g/mol. The van der Waals surface area contributed by atoms with Crippen molar-refractivity contribution < 1.29 is 13.6 Å². The van der Waals surface area contributed by atoms with Gasteiger partial charge in [0.2, 0.25) is 5.91 Å². The maximum absolute atomic E-state index is 12.9. The molecule has 1 heterocycles. The second-order valence-corrected chi connectivity index (χ2v) is 4.81. The number of aryl methyl sites for hydroxylation is 1. The number of carbonyl (C=O) groups is 1. The van der Waals surface area contributed by atoms with Gasteiger partial charge in [-0.2, -0.15) is 0 Å². The smallest absolute Gasteiger partial charge is 0.248 e. The Labute approximate surface area is 112 Å². The van der Waals surface area contributed by atoms with Crippen LogP contribution in [0.25, 0.3) is 6.08 Å². The standard InChI is InChI=1S/C13H10F2N2OS/c1-8-16-10(7-19-8)3-5-13(18)17-9-2-4-11(14)12(15)6-9/h2-7H,1H3,(H,17,18)/b5-3+. The first kappa shape index (κ1) is 13.4. The van der Waals surface area contributed by atoms with Crippen molar-refractivity contribution in [2.24, 2.45) is 0 Å². The fraction of sp³-hybridized carbons (Fsp3) is 0.0769. The van der Waals surface area contributed by atoms with E-state index in [4.69, 9.17) is 0 Å². The van der Waals surface area contributed by atoms with Crippen molar-refractivity contribution in [1.82, 2.24) is 4.98 Å². The fourth-order valence-corrected chi connectivity index (χ4v) is 1.96. The molecule has 3 nitrogen and oxygen atoms in total. The van der Waals surface area contributed by atoms with Crippen LogP contribution in [0.3, 0.4) is 0 Å². The van der Waals surface area contributed by atoms with Crippen LogP contribution in [0, 0.1) is 18.6 Å². The molecular formula is C13H10F2N2OS. The second-order valence-electron chi connectivity index (χ2n) is 3.74. The first-order valence-corrected chi connectivity index (χ1v) is 6.29. The Morgan fingerprint density at radius 2 is 2.16 bits per heavy atom. The van der Waals surface area contributed by atoms with Crippen LogP contribution in [0.2, 0.25) is 0 Å². The molecule has 19 heavy (non-hydrogen) atoms. The van der Waals surface area contributed by atoms with E-state index in [1.807, 2.05) is 12.3 Å². The lowest BCUT2D eigenvalue weighted by Gasteiger charge is -2.02. The van der Waals surface area contributed by atoms with E-state index in [2.05, 4.69) is 10.3 Å². The summed E-state index contributed by atoms with van der Waals surface area (Å²) < 4.78 is 25.6. The zero-order valence-electron chi connectivity index (χ0n) is 9.98. The molecule has 98 valence electrons. The molecule has 1 N–H and O–H groups in total. The number of carbonyl (C=O) groups excluding carboxylic acids is 1. The van der Waals surface area contributed by atoms with Gasteiger partial charge in [-0.15, -0.1) is 11.3 Å². The van der Waals surface area contributed by atoms with Gasteiger partial charge >= 0.3 is 0 Å². The third-order valence-electron chi connectivity index (χ3n) is 2.23. The van der Waals surface area contributed by atoms with Crippen LogP contribution in [-0.2, 0) is 4.79 Å². The third-order valence-corrected chi connectivity index (χ3v) is 3.02. The van der Waals surface area contributed by atoms with Gasteiger partial charge in [0.15, 0.2) is 11.6 Å². The maximum atomic E-state index is 12.9. The minimum atomic E-state index is -1.00. The number of aromatic nitrogens is 1. The van der Waals surface area contributed by atoms with Gasteiger partial charge in [0.25, 0.3) is 0 Å². The number of thiazole rings is 1. The Balaban J connectivity index is 2.01. The summed E-state index contributed by atoms with van der Waals surface area (Å²) in [5.41, 5.74) is 0.881. The SMILES string of the molecule is Cc1nc(/C=C/C(=O)Nc2ccc(F)c(F)c2)cs1. The molecule has 6 heteroatoms. The number of hydrogen-bond donors (Lipinski definition) is 1. The van der Waals surface area contributed by atoms with Gasteiger partial charge in [-0.05, 0) is 25.1 Å². The Morgan fingerprint density at radius 1 is 1.37 bits per heavy atom. The molecule has 0 atom stereocenters. The highest BCUT2D eigenvalue weighted by atomic mass is 32.1. The monoisotopic (exact) mass is 280 g/mol. The first-order chi connectivity index (χ1) is 9.04. The molecule has 0 saturated carbocycles. The van der Waals surface area contributed by atoms with Gasteiger partial charge in [-0.25, -0.2) is 13.8 Å². The summed E-state index contributed by atoms with van der Waals surface area (Å²) >= 11 is 1.48. The normalized spacial score (nSPS) is 10.9. The molecule has 0 unspecified atom stereocenters. The number of nitrogens with one attached hydrogen (secondary N) is 1. The van der Waals surface area contributed by atoms with Crippen molar-refractivity contribution in [3.05, 3.63) is 52.0 Å². The van der Waals surface area contributed by atoms with Crippen molar-refractivity contribution in [3.8, 4) is 0 Å². The second kappa shape index (κ2) is 5.71. The van der Waals surface area contributed by atoms with Gasteiger partial charge in [0.05, 0.1) is 10.7 Å². The largest absolute Gasteiger partial charge is 0.322 e. The summed E-state index contributed by atoms with van der Waals surface area (Å²) in [7, 11) is 0. The summed E-state index contributed by atoms with van der Waals surface area (Å²) in [6.45, 7) is 1.86. The van der Waals surface area contributed by atoms with Crippen LogP contribution >= 0.6 is 11.3 Å². The molecule has 0 aliphatic rings. The van der Waals surface area contributed by atoms with Gasteiger partial charge in [0.1, 0.15) is 0 Å². The summed E-state index contributed by atoms with van der Waals surface area (Å²) in [5, 5.41) is 5.15. The maximum Gasteiger partial charge on any atom is 0.248 e. The average Bonchev–Trinajstić information content (AvgIpc) is 2.77. The molecule has 0 aliphatic heterocycles. The molecule has 2 rings (SSSR count). The number of anilines is 1. The predicted molar refractivity (Wildman–Crippen MR) is 70.9 cm³/mol. The number of hydrogen-bond acceptors (Lipinski definition) is 3. The number of halogens is 2. The van der Waals surface area contributed by atoms with Crippen molar-refractivity contribution in [2.75, 3.05) is 5.32 Å². The molecule has 0 spiro atoms. The van der Waals surface area contributed by atoms with Crippen LogP contribution < -0.4 is 5.32 Å². The highest BCUT2D eigenvalue weighted by Gasteiger charge is 2.04. The molecule has 0 fully saturated rings. The first-order valence-electron chi connectivity index (χ1n) is 5.41. The third kappa shape index (κ3) is 3.69. The van der Waals surface area contributed by atoms with Crippen molar-refractivity contribution in [2.45, 2.75) is 6.92 Å². The molecule has 0 bridgehead atoms. The van der Waals surface area contributed by atoms with Crippen LogP contribution in [0.15, 0.2) is 29.7 Å². The number of amides is 1. The van der Waals surface area contributed by atoms with E-state index < -0.39 is 17.5 Å². The van der Waals surface area contributed by atoms with Crippen LogP contribution in [-0.4, -0.2) is 10.9 Å². The minimum Gasteiger partial charge on any atom is -0.322 e. The van der Waals surface area contributed by atoms with E-state index in [1.165, 1.54) is 23.5 Å². The highest BCUT2D eigenvalue weighted by Crippen LogP contribution is 2.13. The lowest BCUT2D eigenvalue weighted by molar-refractivity contribution is -0.111. The van der Waals surface area contributed by atoms with E-state index in [-0.39, 0.29) is 5.69 Å². The quantitative estimate of drug-likeness (QED) is 0.876. The fourth-order valence-electron chi connectivity index (χ4n) is 1.38. The lowest BCUT2D eigenvalue weighted by Crippen LogP contribution is -2.08. The molecule has 0 radical (unpaired) electrons. The molecule has 1 aromatic heterocycles. The zero-order valence-corrected chi connectivity index (χ0v) is 10.8. The number of nitrogens with zero attached hydrogens (tertiary/aromatic N) is 1. The Kier molecular flexibility index (Phi) is 4.01. The van der Waals surface area contributed by atoms with Gasteiger partial charge in [0, 0.05) is 23.2 Å². The topological polar surface area (TPSA) is 42.0 Å². The van der Waals surface area contributed by atoms with E-state index in [1.54, 1.807) is 6.08 Å². The lowest BCUT2D eigenvalue weighted by atomic mass is 10.3. The summed E-state index contributed by atoms with van der Waals surface area (Å²) in [6.07, 6.45) is 2.84. The molecule has 1 amide bonds. The van der Waals surface area contributed by atoms with Gasteiger partial charge in [-0.3, -0.25) is 4.79 Å². The Hall–Kier alpha value is -2.08. The summed E-state index contributed by atoms with van der Waals surface area (Å²) in [4.78, 5) is 15.7. The van der Waals surface area contributed by atoms with E-state index in [0.717, 1.165) is 17.1 Å². The van der Waals surface area contributed by atoms with E-state index in [0.29, 0.717) is 5.69 Å². The molecule has 0 saturated heterocycles. The van der Waals surface area contributed by atoms with Crippen LogP contribution in [0.1, 0.15) is 10.7 Å². The van der Waals surface area contributed by atoms with Crippen LogP contribution in [0.5, 0.6) is 0 Å². The highest BCUT2D eigenvalue weighted by molar-refractivity contribution is 7.09. The minimum absolute atomic E-state index is 0.197. The van der Waals surface area contributed by atoms with Crippen molar-refractivity contribution in [1.29, 1.82) is 0 Å². The molecular weight excluding hydrogens is 270 g/mol. The Bertz CT molecular complexity index is 637. The van der Waals surface area contributed by atoms with Gasteiger partial charge < -0.3 is 5.32 Å². The van der Waals surface area contributed by atoms with Crippen molar-refractivity contribution in [3.63, 3.8) is 0 Å². The predicted octanol–water partition coefficient (Wildman–Crippen LogP) is 3.38. The van der Waals surface area contributed by atoms with E-state index >= 15 is 0 Å². The zero-order chi connectivity index (χ0) is 13.8.